The number of rotatable bonds is 8. The molecule has 0 atom stereocenters. The molecule has 0 unspecified atom stereocenters. The van der Waals surface area contributed by atoms with E-state index in [0.717, 1.165) is 47.3 Å². The molecular formula is C30H19F4N5O5. The SMILES string of the molecule is O=C(COc1ccc([N+](=O)[O-])cc1C=Nn1c(-c2cccc(C(F)(F)F)c2)nc2ccccc2c1=O)Nc1ccccc1F. The summed E-state index contributed by atoms with van der Waals surface area (Å²) in [6.45, 7) is -0.625. The van der Waals surface area contributed by atoms with Crippen LogP contribution in [0.1, 0.15) is 11.1 Å². The third-order valence-electron chi connectivity index (χ3n) is 6.23. The van der Waals surface area contributed by atoms with Gasteiger partial charge in [-0.25, -0.2) is 9.37 Å². The highest BCUT2D eigenvalue weighted by atomic mass is 19.4. The van der Waals surface area contributed by atoms with Crippen molar-refractivity contribution in [2.75, 3.05) is 11.9 Å². The predicted octanol–water partition coefficient (Wildman–Crippen LogP) is 6.03. The van der Waals surface area contributed by atoms with Crippen molar-refractivity contribution in [2.45, 2.75) is 6.18 Å². The Bertz CT molecular complexity index is 1990. The number of nitrogens with one attached hydrogen (secondary N) is 1. The van der Waals surface area contributed by atoms with Crippen LogP contribution < -0.4 is 15.6 Å². The van der Waals surface area contributed by atoms with Crippen LogP contribution in [0.4, 0.5) is 28.9 Å². The van der Waals surface area contributed by atoms with Crippen LogP contribution in [0.25, 0.3) is 22.3 Å². The van der Waals surface area contributed by atoms with Gasteiger partial charge in [-0.3, -0.25) is 19.7 Å². The number of nitrogens with zero attached hydrogens (tertiary/aromatic N) is 4. The first-order valence-corrected chi connectivity index (χ1v) is 12.7. The Kier molecular flexibility index (Phi) is 8.15. The lowest BCUT2D eigenvalue weighted by atomic mass is 10.1. The summed E-state index contributed by atoms with van der Waals surface area (Å²) in [6, 6.07) is 19.2. The van der Waals surface area contributed by atoms with E-state index in [9.17, 15) is 37.3 Å². The number of hydrogen-bond donors (Lipinski definition) is 1. The van der Waals surface area contributed by atoms with E-state index in [1.807, 2.05) is 0 Å². The number of hydrogen-bond acceptors (Lipinski definition) is 7. The highest BCUT2D eigenvalue weighted by Crippen LogP contribution is 2.32. The third kappa shape index (κ3) is 6.43. The predicted molar refractivity (Wildman–Crippen MR) is 153 cm³/mol. The number of non-ortho nitro benzene ring substituents is 1. The zero-order chi connectivity index (χ0) is 31.4. The molecule has 0 aliphatic rings. The number of nitro groups is 1. The van der Waals surface area contributed by atoms with Gasteiger partial charge in [-0.15, -0.1) is 0 Å². The van der Waals surface area contributed by atoms with Gasteiger partial charge < -0.3 is 10.1 Å². The number of benzene rings is 4. The number of aromatic nitrogens is 2. The second-order valence-corrected chi connectivity index (χ2v) is 9.19. The number of carbonyl (C=O) groups excluding carboxylic acids is 1. The molecule has 0 saturated carbocycles. The average molecular weight is 606 g/mol. The van der Waals surface area contributed by atoms with Crippen molar-refractivity contribution in [3.8, 4) is 17.1 Å². The number of amides is 1. The fourth-order valence-electron chi connectivity index (χ4n) is 4.15. The fraction of sp³-hybridized carbons (Fsp3) is 0.0667. The zero-order valence-electron chi connectivity index (χ0n) is 22.3. The van der Waals surface area contributed by atoms with Crippen LogP contribution in [-0.4, -0.2) is 33.3 Å². The molecule has 0 spiro atoms. The molecule has 4 aromatic carbocycles. The number of fused-ring (bicyclic) bond motifs is 1. The van der Waals surface area contributed by atoms with Crippen LogP contribution in [0.3, 0.4) is 0 Å². The van der Waals surface area contributed by atoms with Gasteiger partial charge in [-0.1, -0.05) is 36.4 Å². The lowest BCUT2D eigenvalue weighted by Crippen LogP contribution is -2.21. The molecule has 14 heteroatoms. The summed E-state index contributed by atoms with van der Waals surface area (Å²) in [6.07, 6.45) is -3.65. The van der Waals surface area contributed by atoms with Crippen LogP contribution in [0.2, 0.25) is 0 Å². The molecule has 222 valence electrons. The summed E-state index contributed by atoms with van der Waals surface area (Å²) < 4.78 is 60.6. The smallest absolute Gasteiger partial charge is 0.416 e. The molecule has 0 aliphatic carbocycles. The summed E-state index contributed by atoms with van der Waals surface area (Å²) in [5.41, 5.74) is -2.08. The standard InChI is InChI=1S/C30H19F4N5O5/c31-23-9-2-4-11-25(23)36-27(40)17-44-26-13-12-21(39(42)43)15-19(26)16-35-38-28(18-6-5-7-20(14-18)30(32,33)34)37-24-10-3-1-8-22(24)29(38)41/h1-16H,17H2,(H,36,40). The average Bonchev–Trinajstić information content (AvgIpc) is 3.00. The van der Waals surface area contributed by atoms with E-state index < -0.39 is 40.6 Å². The van der Waals surface area contributed by atoms with Crippen molar-refractivity contribution in [2.24, 2.45) is 5.10 Å². The normalized spacial score (nSPS) is 11.5. The first kappa shape index (κ1) is 29.6. The maximum Gasteiger partial charge on any atom is 0.416 e. The molecular weight excluding hydrogens is 586 g/mol. The van der Waals surface area contributed by atoms with E-state index in [0.29, 0.717) is 0 Å². The van der Waals surface area contributed by atoms with Gasteiger partial charge in [-0.2, -0.15) is 22.9 Å². The largest absolute Gasteiger partial charge is 0.483 e. The Labute approximate surface area is 245 Å². The summed E-state index contributed by atoms with van der Waals surface area (Å²) in [4.78, 5) is 41.0. The number of ether oxygens (including phenoxy) is 1. The topological polar surface area (TPSA) is 129 Å². The minimum Gasteiger partial charge on any atom is -0.483 e. The molecule has 44 heavy (non-hydrogen) atoms. The summed E-state index contributed by atoms with van der Waals surface area (Å²) in [5.74, 6) is -1.70. The molecule has 1 heterocycles. The molecule has 1 amide bonds. The zero-order valence-corrected chi connectivity index (χ0v) is 22.3. The van der Waals surface area contributed by atoms with Gasteiger partial charge in [0.25, 0.3) is 17.2 Å². The van der Waals surface area contributed by atoms with Gasteiger partial charge in [0.15, 0.2) is 12.4 Å². The monoisotopic (exact) mass is 605 g/mol. The molecule has 0 radical (unpaired) electrons. The quantitative estimate of drug-likeness (QED) is 0.0996. The van der Waals surface area contributed by atoms with Crippen molar-refractivity contribution in [1.29, 1.82) is 0 Å². The maximum atomic E-state index is 13.9. The minimum atomic E-state index is -4.67. The van der Waals surface area contributed by atoms with Crippen molar-refractivity contribution >= 4 is 34.4 Å². The van der Waals surface area contributed by atoms with E-state index in [-0.39, 0.29) is 45.0 Å². The van der Waals surface area contributed by atoms with Crippen LogP contribution >= 0.6 is 0 Å². The van der Waals surface area contributed by atoms with Crippen LogP contribution in [-0.2, 0) is 11.0 Å². The molecule has 5 rings (SSSR count). The molecule has 0 saturated heterocycles. The molecule has 1 aromatic heterocycles. The summed E-state index contributed by atoms with van der Waals surface area (Å²) >= 11 is 0. The van der Waals surface area contributed by atoms with E-state index in [1.54, 1.807) is 12.1 Å². The van der Waals surface area contributed by atoms with Crippen LogP contribution in [0, 0.1) is 15.9 Å². The van der Waals surface area contributed by atoms with E-state index in [2.05, 4.69) is 15.4 Å². The van der Waals surface area contributed by atoms with Gasteiger partial charge in [0.2, 0.25) is 0 Å². The lowest BCUT2D eigenvalue weighted by molar-refractivity contribution is -0.384. The molecule has 1 N–H and O–H groups in total. The molecule has 0 aliphatic heterocycles. The van der Waals surface area contributed by atoms with Gasteiger partial charge in [0.1, 0.15) is 11.6 Å². The number of para-hydroxylation sites is 2. The van der Waals surface area contributed by atoms with Crippen molar-refractivity contribution in [1.82, 2.24) is 9.66 Å². The van der Waals surface area contributed by atoms with Crippen molar-refractivity contribution < 1.29 is 32.0 Å². The van der Waals surface area contributed by atoms with Gasteiger partial charge in [0, 0.05) is 23.3 Å². The lowest BCUT2D eigenvalue weighted by Gasteiger charge is -2.12. The van der Waals surface area contributed by atoms with E-state index in [4.69, 9.17) is 4.74 Å². The van der Waals surface area contributed by atoms with Crippen molar-refractivity contribution in [3.05, 3.63) is 128 Å². The van der Waals surface area contributed by atoms with E-state index >= 15 is 0 Å². The third-order valence-corrected chi connectivity index (χ3v) is 6.23. The van der Waals surface area contributed by atoms with Gasteiger partial charge in [-0.05, 0) is 42.5 Å². The summed E-state index contributed by atoms with van der Waals surface area (Å²) in [7, 11) is 0. The first-order chi connectivity index (χ1) is 21.0. The maximum absolute atomic E-state index is 13.9. The number of nitro benzene ring substituents is 1. The Hall–Kier alpha value is -5.92. The Morgan fingerprint density at radius 2 is 1.77 bits per heavy atom. The van der Waals surface area contributed by atoms with Crippen LogP contribution in [0.5, 0.6) is 5.75 Å². The minimum absolute atomic E-state index is 0.0482. The Balaban J connectivity index is 1.55. The van der Waals surface area contributed by atoms with E-state index in [1.165, 1.54) is 42.5 Å². The second-order valence-electron chi connectivity index (χ2n) is 9.19. The molecule has 0 bridgehead atoms. The Morgan fingerprint density at radius 3 is 2.52 bits per heavy atom. The molecule has 10 nitrogen and oxygen atoms in total. The second kappa shape index (κ2) is 12.1. The van der Waals surface area contributed by atoms with Crippen molar-refractivity contribution in [3.63, 3.8) is 0 Å². The molecule has 0 fully saturated rings. The number of anilines is 1. The van der Waals surface area contributed by atoms with Gasteiger partial charge in [0.05, 0.1) is 33.3 Å². The van der Waals surface area contributed by atoms with Gasteiger partial charge >= 0.3 is 6.18 Å². The molecule has 5 aromatic rings. The highest BCUT2D eigenvalue weighted by Gasteiger charge is 2.31. The number of halogens is 4. The highest BCUT2D eigenvalue weighted by molar-refractivity contribution is 5.92. The summed E-state index contributed by atoms with van der Waals surface area (Å²) in [5, 5.41) is 18.1. The number of carbonyl (C=O) groups is 1. The number of alkyl halides is 3. The fourth-order valence-corrected chi connectivity index (χ4v) is 4.15. The van der Waals surface area contributed by atoms with Crippen LogP contribution in [0.15, 0.2) is 101 Å². The Morgan fingerprint density at radius 1 is 1.02 bits per heavy atom. The first-order valence-electron chi connectivity index (χ1n) is 12.7.